The Labute approximate surface area is 188 Å². The van der Waals surface area contributed by atoms with Crippen molar-refractivity contribution in [2.24, 2.45) is 0 Å². The van der Waals surface area contributed by atoms with Gasteiger partial charge in [-0.3, -0.25) is 9.78 Å². The van der Waals surface area contributed by atoms with Gasteiger partial charge in [-0.2, -0.15) is 0 Å². The lowest BCUT2D eigenvalue weighted by atomic mass is 10.2. The topological polar surface area (TPSA) is 98.3 Å². The fourth-order valence-electron chi connectivity index (χ4n) is 3.05. The first-order valence-electron chi connectivity index (χ1n) is 9.81. The Morgan fingerprint density at radius 2 is 1.90 bits per heavy atom. The Kier molecular flexibility index (Phi) is 6.43. The van der Waals surface area contributed by atoms with Crippen LogP contribution in [0.2, 0.25) is 0 Å². The van der Waals surface area contributed by atoms with Gasteiger partial charge in [0.1, 0.15) is 23.6 Å². The van der Waals surface area contributed by atoms with Gasteiger partial charge in [-0.15, -0.1) is 0 Å². The van der Waals surface area contributed by atoms with Crippen molar-refractivity contribution >= 4 is 21.8 Å². The Balaban J connectivity index is 1.26. The molecule has 0 spiro atoms. The average molecular weight is 484 g/mol. The number of rotatable bonds is 9. The fraction of sp³-hybridized carbons (Fsp3) is 0.273. The van der Waals surface area contributed by atoms with Crippen molar-refractivity contribution in [1.29, 1.82) is 0 Å². The molecule has 0 radical (unpaired) electrons. The summed E-state index contributed by atoms with van der Waals surface area (Å²) in [5.41, 5.74) is 1.14. The summed E-state index contributed by atoms with van der Waals surface area (Å²) in [6.07, 6.45) is 8.02. The minimum Gasteiger partial charge on any atom is -0.497 e. The minimum atomic E-state index is -0.212. The molecule has 0 unspecified atom stereocenters. The number of carbonyl (C=O) groups excluding carboxylic acids is 1. The minimum absolute atomic E-state index is 0.149. The van der Waals surface area contributed by atoms with E-state index in [1.165, 1.54) is 18.7 Å². The SMILES string of the molecule is COc1ccc(Oc2ccc(CNCC3(NC(=O)c4cncnc4)CC3)nc2)c(Br)c1. The molecule has 2 N–H and O–H groups in total. The van der Waals surface area contributed by atoms with E-state index in [0.29, 0.717) is 30.2 Å². The van der Waals surface area contributed by atoms with E-state index in [0.717, 1.165) is 28.8 Å². The van der Waals surface area contributed by atoms with Crippen LogP contribution in [0.5, 0.6) is 17.2 Å². The van der Waals surface area contributed by atoms with Gasteiger partial charge < -0.3 is 20.1 Å². The molecule has 0 saturated heterocycles. The number of ether oxygens (including phenoxy) is 2. The Morgan fingerprint density at radius 1 is 1.13 bits per heavy atom. The van der Waals surface area contributed by atoms with Gasteiger partial charge in [0.25, 0.3) is 5.91 Å². The predicted molar refractivity (Wildman–Crippen MR) is 118 cm³/mol. The monoisotopic (exact) mass is 483 g/mol. The summed E-state index contributed by atoms with van der Waals surface area (Å²) >= 11 is 3.48. The third kappa shape index (κ3) is 5.56. The highest BCUT2D eigenvalue weighted by Gasteiger charge is 2.43. The summed E-state index contributed by atoms with van der Waals surface area (Å²) in [5, 5.41) is 6.47. The fourth-order valence-corrected chi connectivity index (χ4v) is 3.49. The van der Waals surface area contributed by atoms with E-state index in [1.54, 1.807) is 13.3 Å². The van der Waals surface area contributed by atoms with Gasteiger partial charge in [0, 0.05) is 25.5 Å². The number of benzene rings is 1. The van der Waals surface area contributed by atoms with E-state index in [4.69, 9.17) is 9.47 Å². The first-order chi connectivity index (χ1) is 15.1. The van der Waals surface area contributed by atoms with E-state index in [1.807, 2.05) is 30.3 Å². The molecule has 8 nitrogen and oxygen atoms in total. The number of halogens is 1. The maximum Gasteiger partial charge on any atom is 0.254 e. The van der Waals surface area contributed by atoms with Crippen molar-refractivity contribution in [3.63, 3.8) is 0 Å². The van der Waals surface area contributed by atoms with E-state index in [9.17, 15) is 4.79 Å². The first kappa shape index (κ1) is 21.2. The molecule has 31 heavy (non-hydrogen) atoms. The van der Waals surface area contributed by atoms with Gasteiger partial charge in [-0.25, -0.2) is 9.97 Å². The molecule has 1 fully saturated rings. The Morgan fingerprint density at radius 3 is 2.55 bits per heavy atom. The molecule has 3 aromatic rings. The molecule has 1 aromatic carbocycles. The maximum atomic E-state index is 12.3. The van der Waals surface area contributed by atoms with E-state index < -0.39 is 0 Å². The molecule has 1 saturated carbocycles. The zero-order valence-corrected chi connectivity index (χ0v) is 18.6. The van der Waals surface area contributed by atoms with Crippen LogP contribution in [0.15, 0.2) is 59.7 Å². The summed E-state index contributed by atoms with van der Waals surface area (Å²) in [7, 11) is 1.62. The van der Waals surface area contributed by atoms with Crippen LogP contribution in [0.3, 0.4) is 0 Å². The van der Waals surface area contributed by atoms with Crippen molar-refractivity contribution in [2.45, 2.75) is 24.9 Å². The average Bonchev–Trinajstić information content (AvgIpc) is 3.56. The Hall–Kier alpha value is -3.04. The second-order valence-corrected chi connectivity index (χ2v) is 8.20. The van der Waals surface area contributed by atoms with Crippen molar-refractivity contribution in [1.82, 2.24) is 25.6 Å². The van der Waals surface area contributed by atoms with Crippen LogP contribution < -0.4 is 20.1 Å². The van der Waals surface area contributed by atoms with Gasteiger partial charge >= 0.3 is 0 Å². The number of nitrogens with zero attached hydrogens (tertiary/aromatic N) is 3. The molecule has 0 bridgehead atoms. The highest BCUT2D eigenvalue weighted by molar-refractivity contribution is 9.10. The normalized spacial score (nSPS) is 14.0. The highest BCUT2D eigenvalue weighted by Crippen LogP contribution is 2.35. The summed E-state index contributed by atoms with van der Waals surface area (Å²) < 4.78 is 11.9. The number of amides is 1. The summed E-state index contributed by atoms with van der Waals surface area (Å²) in [5.74, 6) is 1.93. The molecule has 0 atom stereocenters. The molecule has 2 aromatic heterocycles. The number of hydrogen-bond acceptors (Lipinski definition) is 7. The van der Waals surface area contributed by atoms with Crippen molar-refractivity contribution in [3.8, 4) is 17.2 Å². The quantitative estimate of drug-likeness (QED) is 0.480. The molecule has 9 heteroatoms. The van der Waals surface area contributed by atoms with Gasteiger partial charge in [-0.1, -0.05) is 0 Å². The van der Waals surface area contributed by atoms with Crippen LogP contribution in [0, 0.1) is 0 Å². The highest BCUT2D eigenvalue weighted by atomic mass is 79.9. The molecule has 1 aliphatic carbocycles. The molecule has 1 amide bonds. The number of nitrogens with one attached hydrogen (secondary N) is 2. The number of hydrogen-bond donors (Lipinski definition) is 2. The van der Waals surface area contributed by atoms with E-state index in [-0.39, 0.29) is 11.4 Å². The summed E-state index contributed by atoms with van der Waals surface area (Å²) in [6, 6.07) is 9.31. The summed E-state index contributed by atoms with van der Waals surface area (Å²) in [6.45, 7) is 1.27. The number of pyridine rings is 1. The molecule has 2 heterocycles. The van der Waals surface area contributed by atoms with Crippen LogP contribution in [-0.2, 0) is 6.54 Å². The largest absolute Gasteiger partial charge is 0.497 e. The maximum absolute atomic E-state index is 12.3. The molecular formula is C22H22BrN5O3. The zero-order valence-electron chi connectivity index (χ0n) is 17.0. The number of aromatic nitrogens is 3. The molecule has 1 aliphatic rings. The lowest BCUT2D eigenvalue weighted by Crippen LogP contribution is -2.44. The number of carbonyl (C=O) groups is 1. The zero-order chi connectivity index (χ0) is 21.7. The van der Waals surface area contributed by atoms with Gasteiger partial charge in [0.15, 0.2) is 0 Å². The van der Waals surface area contributed by atoms with Crippen molar-refractivity contribution < 1.29 is 14.3 Å². The third-order valence-corrected chi connectivity index (χ3v) is 5.61. The lowest BCUT2D eigenvalue weighted by molar-refractivity contribution is 0.0930. The molecule has 0 aliphatic heterocycles. The standard InChI is InChI=1S/C22H22BrN5O3/c1-30-17-4-5-20(19(23)8-17)31-18-3-2-16(27-12-18)11-24-13-22(6-7-22)28-21(29)15-9-25-14-26-10-15/h2-5,8-10,12,14,24H,6-7,11,13H2,1H3,(H,28,29). The van der Waals surface area contributed by atoms with Gasteiger partial charge in [0.2, 0.25) is 0 Å². The molecule has 4 rings (SSSR count). The van der Waals surface area contributed by atoms with Crippen molar-refractivity contribution in [2.75, 3.05) is 13.7 Å². The van der Waals surface area contributed by atoms with Crippen LogP contribution in [0.25, 0.3) is 0 Å². The molecule has 160 valence electrons. The van der Waals surface area contributed by atoms with Crippen LogP contribution in [0.1, 0.15) is 28.9 Å². The second-order valence-electron chi connectivity index (χ2n) is 7.35. The lowest BCUT2D eigenvalue weighted by Gasteiger charge is -2.18. The van der Waals surface area contributed by atoms with Gasteiger partial charge in [-0.05, 0) is 59.1 Å². The Bertz CT molecular complexity index is 1040. The van der Waals surface area contributed by atoms with E-state index >= 15 is 0 Å². The van der Waals surface area contributed by atoms with Crippen LogP contribution >= 0.6 is 15.9 Å². The van der Waals surface area contributed by atoms with Crippen LogP contribution in [-0.4, -0.2) is 40.1 Å². The first-order valence-corrected chi connectivity index (χ1v) is 10.6. The number of methoxy groups -OCH3 is 1. The predicted octanol–water partition coefficient (Wildman–Crippen LogP) is 3.49. The smallest absolute Gasteiger partial charge is 0.254 e. The van der Waals surface area contributed by atoms with E-state index in [2.05, 4.69) is 41.5 Å². The second kappa shape index (κ2) is 9.40. The third-order valence-electron chi connectivity index (χ3n) is 4.99. The van der Waals surface area contributed by atoms with Crippen LogP contribution in [0.4, 0.5) is 0 Å². The van der Waals surface area contributed by atoms with Gasteiger partial charge in [0.05, 0.1) is 34.6 Å². The van der Waals surface area contributed by atoms with Crippen molar-refractivity contribution in [3.05, 3.63) is 71.0 Å². The summed E-state index contributed by atoms with van der Waals surface area (Å²) in [4.78, 5) is 24.6. The molecular weight excluding hydrogens is 462 g/mol.